The van der Waals surface area contributed by atoms with Gasteiger partial charge in [0.15, 0.2) is 0 Å². The fourth-order valence-corrected chi connectivity index (χ4v) is 3.22. The molecule has 1 nitrogen and oxygen atoms in total. The molecule has 1 rings (SSSR count). The highest BCUT2D eigenvalue weighted by atomic mass is 32.2. The summed E-state index contributed by atoms with van der Waals surface area (Å²) in [6.45, 7) is 4.37. The van der Waals surface area contributed by atoms with Crippen LogP contribution in [0.15, 0.2) is 0 Å². The third kappa shape index (κ3) is 2.22. The summed E-state index contributed by atoms with van der Waals surface area (Å²) in [5, 5.41) is 0. The van der Waals surface area contributed by atoms with Crippen molar-refractivity contribution < 1.29 is 4.79 Å². The van der Waals surface area contributed by atoms with Crippen LogP contribution in [0.25, 0.3) is 0 Å². The smallest absolute Gasteiger partial charge is 0.136 e. The van der Waals surface area contributed by atoms with Gasteiger partial charge in [0.1, 0.15) is 6.29 Å². The molecule has 1 fully saturated rings. The van der Waals surface area contributed by atoms with Gasteiger partial charge in [-0.1, -0.05) is 13.8 Å². The quantitative estimate of drug-likeness (QED) is 0.608. The molecule has 1 heterocycles. The molecule has 2 heteroatoms. The minimum absolute atomic E-state index is 0.00579. The Morgan fingerprint density at radius 1 is 1.64 bits per heavy atom. The molecule has 0 aromatic carbocycles. The van der Waals surface area contributed by atoms with E-state index in [-0.39, 0.29) is 4.75 Å². The lowest BCUT2D eigenvalue weighted by atomic mass is 9.94. The lowest BCUT2D eigenvalue weighted by Gasteiger charge is -2.22. The van der Waals surface area contributed by atoms with E-state index in [1.54, 1.807) is 0 Å². The zero-order valence-corrected chi connectivity index (χ0v) is 8.12. The second-order valence-corrected chi connectivity index (χ2v) is 5.24. The Morgan fingerprint density at radius 2 is 2.36 bits per heavy atom. The monoisotopic (exact) mass is 172 g/mol. The van der Waals surface area contributed by atoms with Gasteiger partial charge in [0.25, 0.3) is 0 Å². The molecule has 0 N–H and O–H groups in total. The average molecular weight is 172 g/mol. The Bertz CT molecular complexity index is 136. The minimum Gasteiger partial charge on any atom is -0.302 e. The van der Waals surface area contributed by atoms with E-state index in [4.69, 9.17) is 0 Å². The van der Waals surface area contributed by atoms with Gasteiger partial charge in [-0.05, 0) is 30.9 Å². The third-order valence-corrected chi connectivity index (χ3v) is 3.64. The van der Waals surface area contributed by atoms with Crippen LogP contribution < -0.4 is 0 Å². The average Bonchev–Trinajstić information content (AvgIpc) is 2.36. The summed E-state index contributed by atoms with van der Waals surface area (Å²) in [6, 6.07) is 0. The molecule has 1 atom stereocenters. The van der Waals surface area contributed by atoms with E-state index in [0.717, 1.165) is 12.8 Å². The first-order valence-corrected chi connectivity index (χ1v) is 5.27. The van der Waals surface area contributed by atoms with Crippen molar-refractivity contribution in [3.8, 4) is 0 Å². The van der Waals surface area contributed by atoms with Crippen molar-refractivity contribution in [2.45, 2.75) is 37.9 Å². The molecule has 1 unspecified atom stereocenters. The molecule has 0 amide bonds. The molecule has 0 spiro atoms. The maximum Gasteiger partial charge on any atom is 0.136 e. The number of aldehydes is 1. The number of hydrogen-bond donors (Lipinski definition) is 0. The fourth-order valence-electron chi connectivity index (χ4n) is 1.71. The molecule has 0 aromatic rings. The molecule has 0 aromatic heterocycles. The summed E-state index contributed by atoms with van der Waals surface area (Å²) in [4.78, 5) is 10.8. The van der Waals surface area contributed by atoms with Gasteiger partial charge in [0.2, 0.25) is 0 Å². The predicted octanol–water partition coefficient (Wildman–Crippen LogP) is 2.50. The van der Waals surface area contributed by atoms with Crippen LogP contribution in [0.3, 0.4) is 0 Å². The zero-order chi connectivity index (χ0) is 8.32. The van der Waals surface area contributed by atoms with Crippen LogP contribution in [0.2, 0.25) is 0 Å². The first-order chi connectivity index (χ1) is 5.18. The molecule has 64 valence electrons. The molecular formula is C9H16OS. The van der Waals surface area contributed by atoms with E-state index in [9.17, 15) is 4.79 Å². The SMILES string of the molecule is CC(C)CC1(C=O)CCCS1. The van der Waals surface area contributed by atoms with E-state index in [0.29, 0.717) is 5.92 Å². The summed E-state index contributed by atoms with van der Waals surface area (Å²) in [6.07, 6.45) is 4.54. The number of carbonyl (C=O) groups is 1. The standard InChI is InChI=1S/C9H16OS/c1-8(2)6-9(7-10)4-3-5-11-9/h7-8H,3-6H2,1-2H3. The summed E-state index contributed by atoms with van der Waals surface area (Å²) >= 11 is 1.85. The van der Waals surface area contributed by atoms with Gasteiger partial charge >= 0.3 is 0 Å². The second kappa shape index (κ2) is 3.61. The highest BCUT2D eigenvalue weighted by Crippen LogP contribution is 2.40. The third-order valence-electron chi connectivity index (χ3n) is 2.10. The van der Waals surface area contributed by atoms with Gasteiger partial charge in [0.05, 0.1) is 4.75 Å². The van der Waals surface area contributed by atoms with E-state index in [1.807, 2.05) is 11.8 Å². The van der Waals surface area contributed by atoms with E-state index < -0.39 is 0 Å². The van der Waals surface area contributed by atoms with E-state index >= 15 is 0 Å². The Balaban J connectivity index is 2.52. The van der Waals surface area contributed by atoms with Crippen LogP contribution >= 0.6 is 11.8 Å². The molecule has 0 radical (unpaired) electrons. The van der Waals surface area contributed by atoms with Crippen LogP contribution in [0.4, 0.5) is 0 Å². The van der Waals surface area contributed by atoms with Crippen molar-refractivity contribution in [2.75, 3.05) is 5.75 Å². The summed E-state index contributed by atoms with van der Waals surface area (Å²) < 4.78 is -0.00579. The molecule has 1 aliphatic rings. The van der Waals surface area contributed by atoms with Crippen LogP contribution in [0.5, 0.6) is 0 Å². The fraction of sp³-hybridized carbons (Fsp3) is 0.889. The topological polar surface area (TPSA) is 17.1 Å². The van der Waals surface area contributed by atoms with E-state index in [1.165, 1.54) is 18.5 Å². The number of hydrogen-bond acceptors (Lipinski definition) is 2. The Morgan fingerprint density at radius 3 is 2.73 bits per heavy atom. The number of rotatable bonds is 3. The largest absolute Gasteiger partial charge is 0.302 e. The maximum absolute atomic E-state index is 10.8. The Hall–Kier alpha value is 0.0200. The highest BCUT2D eigenvalue weighted by molar-refractivity contribution is 8.01. The summed E-state index contributed by atoms with van der Waals surface area (Å²) in [5.74, 6) is 1.82. The Kier molecular flexibility index (Phi) is 2.99. The molecule has 0 bridgehead atoms. The normalized spacial score (nSPS) is 31.2. The second-order valence-electron chi connectivity index (χ2n) is 3.73. The van der Waals surface area contributed by atoms with Gasteiger partial charge in [0, 0.05) is 0 Å². The lowest BCUT2D eigenvalue weighted by Crippen LogP contribution is -2.24. The first-order valence-electron chi connectivity index (χ1n) is 4.29. The first kappa shape index (κ1) is 9.11. The van der Waals surface area contributed by atoms with Crippen molar-refractivity contribution >= 4 is 18.0 Å². The maximum atomic E-state index is 10.8. The molecule has 0 saturated carbocycles. The van der Waals surface area contributed by atoms with Crippen LogP contribution in [-0.2, 0) is 4.79 Å². The number of carbonyl (C=O) groups excluding carboxylic acids is 1. The summed E-state index contributed by atoms with van der Waals surface area (Å²) in [7, 11) is 0. The molecule has 1 aliphatic heterocycles. The molecule has 0 aliphatic carbocycles. The lowest BCUT2D eigenvalue weighted by molar-refractivity contribution is -0.110. The van der Waals surface area contributed by atoms with Gasteiger partial charge in [-0.2, -0.15) is 0 Å². The zero-order valence-electron chi connectivity index (χ0n) is 7.30. The Labute approximate surface area is 72.9 Å². The molecule has 1 saturated heterocycles. The predicted molar refractivity (Wildman–Crippen MR) is 49.9 cm³/mol. The van der Waals surface area contributed by atoms with Crippen LogP contribution in [0, 0.1) is 5.92 Å². The van der Waals surface area contributed by atoms with Crippen LogP contribution in [0.1, 0.15) is 33.1 Å². The number of thioether (sulfide) groups is 1. The minimum atomic E-state index is -0.00579. The van der Waals surface area contributed by atoms with Gasteiger partial charge in [-0.15, -0.1) is 11.8 Å². The van der Waals surface area contributed by atoms with Crippen molar-refractivity contribution in [2.24, 2.45) is 5.92 Å². The van der Waals surface area contributed by atoms with Crippen molar-refractivity contribution in [1.29, 1.82) is 0 Å². The van der Waals surface area contributed by atoms with Gasteiger partial charge in [-0.25, -0.2) is 0 Å². The van der Waals surface area contributed by atoms with Crippen molar-refractivity contribution in [3.05, 3.63) is 0 Å². The molecular weight excluding hydrogens is 156 g/mol. The van der Waals surface area contributed by atoms with Gasteiger partial charge < -0.3 is 4.79 Å². The highest BCUT2D eigenvalue weighted by Gasteiger charge is 2.34. The van der Waals surface area contributed by atoms with Crippen molar-refractivity contribution in [1.82, 2.24) is 0 Å². The van der Waals surface area contributed by atoms with Crippen LogP contribution in [-0.4, -0.2) is 16.8 Å². The molecule has 11 heavy (non-hydrogen) atoms. The van der Waals surface area contributed by atoms with Crippen molar-refractivity contribution in [3.63, 3.8) is 0 Å². The van der Waals surface area contributed by atoms with Gasteiger partial charge in [-0.3, -0.25) is 0 Å². The summed E-state index contributed by atoms with van der Waals surface area (Å²) in [5.41, 5.74) is 0. The van der Waals surface area contributed by atoms with E-state index in [2.05, 4.69) is 13.8 Å².